The SMILES string of the molecule is Cl.O=C(c1cccc2c1CCCN2)N1CCN2C(=O)NCC2C1. The summed E-state index contributed by atoms with van der Waals surface area (Å²) in [5.41, 5.74) is 3.05. The van der Waals surface area contributed by atoms with Gasteiger partial charge in [0.25, 0.3) is 5.91 Å². The van der Waals surface area contributed by atoms with Crippen LogP contribution in [-0.4, -0.2) is 60.5 Å². The second-order valence-electron chi connectivity index (χ2n) is 6.15. The number of hydrogen-bond acceptors (Lipinski definition) is 3. The highest BCUT2D eigenvalue weighted by atomic mass is 35.5. The van der Waals surface area contributed by atoms with Gasteiger partial charge in [0.1, 0.15) is 0 Å². The highest BCUT2D eigenvalue weighted by molar-refractivity contribution is 5.97. The average molecular weight is 337 g/mol. The Morgan fingerprint density at radius 2 is 2.09 bits per heavy atom. The number of nitrogens with zero attached hydrogens (tertiary/aromatic N) is 2. The van der Waals surface area contributed by atoms with Gasteiger partial charge in [0.05, 0.1) is 6.04 Å². The first-order chi connectivity index (χ1) is 10.7. The Labute approximate surface area is 141 Å². The fourth-order valence-electron chi connectivity index (χ4n) is 3.67. The molecule has 1 aromatic rings. The average Bonchev–Trinajstić information content (AvgIpc) is 2.94. The Morgan fingerprint density at radius 1 is 1.22 bits per heavy atom. The Balaban J connectivity index is 0.00000156. The Bertz CT molecular complexity index is 637. The van der Waals surface area contributed by atoms with Gasteiger partial charge >= 0.3 is 6.03 Å². The van der Waals surface area contributed by atoms with Crippen LogP contribution in [0.1, 0.15) is 22.3 Å². The molecule has 0 aromatic heterocycles. The third kappa shape index (κ3) is 2.72. The summed E-state index contributed by atoms with van der Waals surface area (Å²) >= 11 is 0. The third-order valence-corrected chi connectivity index (χ3v) is 4.85. The van der Waals surface area contributed by atoms with E-state index in [0.717, 1.165) is 36.2 Å². The van der Waals surface area contributed by atoms with Crippen molar-refractivity contribution in [3.05, 3.63) is 29.3 Å². The highest BCUT2D eigenvalue weighted by Crippen LogP contribution is 2.27. The van der Waals surface area contributed by atoms with E-state index in [4.69, 9.17) is 0 Å². The maximum atomic E-state index is 12.9. The molecule has 2 saturated heterocycles. The van der Waals surface area contributed by atoms with Gasteiger partial charge in [-0.05, 0) is 30.5 Å². The molecule has 0 spiro atoms. The molecule has 3 heterocycles. The molecule has 0 aliphatic carbocycles. The molecule has 2 N–H and O–H groups in total. The lowest BCUT2D eigenvalue weighted by atomic mass is 9.96. The maximum absolute atomic E-state index is 12.9. The van der Waals surface area contributed by atoms with E-state index in [-0.39, 0.29) is 30.4 Å². The van der Waals surface area contributed by atoms with Crippen molar-refractivity contribution in [3.8, 4) is 0 Å². The normalized spacial score (nSPS) is 22.4. The summed E-state index contributed by atoms with van der Waals surface area (Å²) in [4.78, 5) is 28.3. The molecule has 0 saturated carbocycles. The summed E-state index contributed by atoms with van der Waals surface area (Å²) in [5.74, 6) is 0.0968. The molecule has 2 fully saturated rings. The summed E-state index contributed by atoms with van der Waals surface area (Å²) in [5, 5.41) is 6.22. The number of halogens is 1. The maximum Gasteiger partial charge on any atom is 0.317 e. The van der Waals surface area contributed by atoms with Gasteiger partial charge in [-0.3, -0.25) is 4.79 Å². The molecule has 1 atom stereocenters. The molecule has 0 bridgehead atoms. The Morgan fingerprint density at radius 3 is 2.96 bits per heavy atom. The van der Waals surface area contributed by atoms with Crippen molar-refractivity contribution >= 4 is 30.0 Å². The van der Waals surface area contributed by atoms with Gasteiger partial charge in [-0.2, -0.15) is 0 Å². The number of rotatable bonds is 1. The van der Waals surface area contributed by atoms with E-state index in [9.17, 15) is 9.59 Å². The zero-order chi connectivity index (χ0) is 15.1. The minimum atomic E-state index is -0.00149. The predicted molar refractivity (Wildman–Crippen MR) is 90.3 cm³/mol. The Hall–Kier alpha value is -1.95. The van der Waals surface area contributed by atoms with E-state index in [1.54, 1.807) is 0 Å². The standard InChI is InChI=1S/C16H20N4O2.ClH/c21-15(13-3-1-5-14-12(13)4-2-6-17-14)19-7-8-20-11(10-19)9-18-16(20)22;/h1,3,5,11,17H,2,4,6-10H2,(H,18,22);1H. The smallest absolute Gasteiger partial charge is 0.317 e. The molecule has 6 nitrogen and oxygen atoms in total. The lowest BCUT2D eigenvalue weighted by molar-refractivity contribution is 0.0616. The zero-order valence-corrected chi connectivity index (χ0v) is 13.7. The van der Waals surface area contributed by atoms with E-state index in [2.05, 4.69) is 10.6 Å². The van der Waals surface area contributed by atoms with Crippen LogP contribution in [0.3, 0.4) is 0 Å². The number of fused-ring (bicyclic) bond motifs is 2. The van der Waals surface area contributed by atoms with E-state index in [1.165, 1.54) is 0 Å². The van der Waals surface area contributed by atoms with Crippen LogP contribution in [0.15, 0.2) is 18.2 Å². The van der Waals surface area contributed by atoms with Crippen LogP contribution in [0.4, 0.5) is 10.5 Å². The van der Waals surface area contributed by atoms with E-state index >= 15 is 0 Å². The number of piperazine rings is 1. The molecule has 3 aliphatic heterocycles. The molecular formula is C16H21ClN4O2. The van der Waals surface area contributed by atoms with E-state index in [1.807, 2.05) is 28.0 Å². The van der Waals surface area contributed by atoms with Crippen LogP contribution in [0.25, 0.3) is 0 Å². The number of urea groups is 1. The minimum absolute atomic E-state index is 0. The highest BCUT2D eigenvalue weighted by Gasteiger charge is 2.37. The molecule has 0 radical (unpaired) electrons. The summed E-state index contributed by atoms with van der Waals surface area (Å²) in [7, 11) is 0. The van der Waals surface area contributed by atoms with Crippen molar-refractivity contribution in [2.24, 2.45) is 0 Å². The van der Waals surface area contributed by atoms with Crippen LogP contribution in [-0.2, 0) is 6.42 Å². The van der Waals surface area contributed by atoms with Crippen molar-refractivity contribution in [1.82, 2.24) is 15.1 Å². The molecule has 3 amide bonds. The van der Waals surface area contributed by atoms with Crippen molar-refractivity contribution < 1.29 is 9.59 Å². The number of anilines is 1. The summed E-state index contributed by atoms with van der Waals surface area (Å²) in [6, 6.07) is 6.03. The van der Waals surface area contributed by atoms with Crippen LogP contribution in [0.5, 0.6) is 0 Å². The third-order valence-electron chi connectivity index (χ3n) is 4.85. The second kappa shape index (κ2) is 6.28. The van der Waals surface area contributed by atoms with Gasteiger partial charge in [0.2, 0.25) is 0 Å². The lowest BCUT2D eigenvalue weighted by Gasteiger charge is -2.37. The van der Waals surface area contributed by atoms with E-state index < -0.39 is 0 Å². The van der Waals surface area contributed by atoms with Crippen molar-refractivity contribution in [2.75, 3.05) is 38.0 Å². The van der Waals surface area contributed by atoms with Gasteiger partial charge in [-0.25, -0.2) is 4.79 Å². The Kier molecular flexibility index (Phi) is 4.35. The molecule has 23 heavy (non-hydrogen) atoms. The van der Waals surface area contributed by atoms with Gasteiger partial charge in [0, 0.05) is 44.0 Å². The first kappa shape index (κ1) is 15.9. The minimum Gasteiger partial charge on any atom is -0.385 e. The van der Waals surface area contributed by atoms with Gasteiger partial charge in [-0.15, -0.1) is 12.4 Å². The van der Waals surface area contributed by atoms with Gasteiger partial charge in [0.15, 0.2) is 0 Å². The van der Waals surface area contributed by atoms with Crippen molar-refractivity contribution in [3.63, 3.8) is 0 Å². The molecule has 1 aromatic carbocycles. The summed E-state index contributed by atoms with van der Waals surface area (Å²) in [6.45, 7) is 3.46. The number of benzene rings is 1. The molecule has 124 valence electrons. The quantitative estimate of drug-likeness (QED) is 0.813. The summed E-state index contributed by atoms with van der Waals surface area (Å²) in [6.07, 6.45) is 2.01. The van der Waals surface area contributed by atoms with Crippen LogP contribution in [0.2, 0.25) is 0 Å². The van der Waals surface area contributed by atoms with Gasteiger partial charge in [-0.1, -0.05) is 6.07 Å². The molecule has 7 heteroatoms. The molecular weight excluding hydrogens is 316 g/mol. The monoisotopic (exact) mass is 336 g/mol. The number of carbonyl (C=O) groups is 2. The first-order valence-corrected chi connectivity index (χ1v) is 7.93. The van der Waals surface area contributed by atoms with Crippen molar-refractivity contribution in [1.29, 1.82) is 0 Å². The van der Waals surface area contributed by atoms with Crippen LogP contribution < -0.4 is 10.6 Å². The first-order valence-electron chi connectivity index (χ1n) is 7.93. The number of nitrogens with one attached hydrogen (secondary N) is 2. The fraction of sp³-hybridized carbons (Fsp3) is 0.500. The molecule has 3 aliphatic rings. The fourth-order valence-corrected chi connectivity index (χ4v) is 3.67. The topological polar surface area (TPSA) is 64.7 Å². The molecule has 1 unspecified atom stereocenters. The number of carbonyl (C=O) groups excluding carboxylic acids is 2. The molecule has 4 rings (SSSR count). The van der Waals surface area contributed by atoms with Crippen molar-refractivity contribution in [2.45, 2.75) is 18.9 Å². The van der Waals surface area contributed by atoms with E-state index in [0.29, 0.717) is 26.2 Å². The zero-order valence-electron chi connectivity index (χ0n) is 12.9. The van der Waals surface area contributed by atoms with Gasteiger partial charge < -0.3 is 20.4 Å². The number of hydrogen-bond donors (Lipinski definition) is 2. The van der Waals surface area contributed by atoms with Crippen LogP contribution in [0, 0.1) is 0 Å². The predicted octanol–water partition coefficient (Wildman–Crippen LogP) is 1.32. The largest absolute Gasteiger partial charge is 0.385 e. The summed E-state index contributed by atoms with van der Waals surface area (Å²) < 4.78 is 0. The second-order valence-corrected chi connectivity index (χ2v) is 6.15. The lowest BCUT2D eigenvalue weighted by Crippen LogP contribution is -2.53. The van der Waals surface area contributed by atoms with Crippen LogP contribution >= 0.6 is 12.4 Å². The number of amides is 3.